The second kappa shape index (κ2) is 7.65. The van der Waals surface area contributed by atoms with Crippen molar-refractivity contribution >= 4 is 0 Å². The van der Waals surface area contributed by atoms with E-state index < -0.39 is 0 Å². The summed E-state index contributed by atoms with van der Waals surface area (Å²) < 4.78 is 18.6. The van der Waals surface area contributed by atoms with Crippen LogP contribution in [0.4, 0.5) is 4.39 Å². The lowest BCUT2D eigenvalue weighted by atomic mass is 10.1. The Balaban J connectivity index is 1.84. The zero-order valence-corrected chi connectivity index (χ0v) is 11.7. The van der Waals surface area contributed by atoms with Crippen molar-refractivity contribution in [3.63, 3.8) is 0 Å². The van der Waals surface area contributed by atoms with Crippen molar-refractivity contribution in [1.29, 1.82) is 0 Å². The number of halogens is 1. The average molecular weight is 273 g/mol. The van der Waals surface area contributed by atoms with Crippen LogP contribution in [0.2, 0.25) is 0 Å². The predicted molar refractivity (Wildman–Crippen MR) is 79.4 cm³/mol. The monoisotopic (exact) mass is 273 g/mol. The van der Waals surface area contributed by atoms with Crippen molar-refractivity contribution in [3.05, 3.63) is 65.5 Å². The minimum atomic E-state index is -0.277. The summed E-state index contributed by atoms with van der Waals surface area (Å²) in [5, 5.41) is 3.30. The highest BCUT2D eigenvalue weighted by Crippen LogP contribution is 2.14. The fourth-order valence-electron chi connectivity index (χ4n) is 1.94. The Bertz CT molecular complexity index is 525. The van der Waals surface area contributed by atoms with Crippen molar-refractivity contribution in [1.82, 2.24) is 5.32 Å². The van der Waals surface area contributed by atoms with Crippen LogP contribution in [0, 0.1) is 5.82 Å². The van der Waals surface area contributed by atoms with Crippen LogP contribution in [0.25, 0.3) is 0 Å². The van der Waals surface area contributed by atoms with Crippen LogP contribution in [0.1, 0.15) is 18.1 Å². The van der Waals surface area contributed by atoms with Crippen LogP contribution in [-0.2, 0) is 13.0 Å². The minimum absolute atomic E-state index is 0.277. The van der Waals surface area contributed by atoms with Gasteiger partial charge in [0.15, 0.2) is 0 Å². The largest absolute Gasteiger partial charge is 0.489 e. The van der Waals surface area contributed by atoms with Crippen LogP contribution in [0.5, 0.6) is 5.75 Å². The van der Waals surface area contributed by atoms with Crippen LogP contribution < -0.4 is 10.1 Å². The first kappa shape index (κ1) is 14.5. The predicted octanol–water partition coefficient (Wildman–Crippen LogP) is 3.56. The second-order valence-electron chi connectivity index (χ2n) is 4.67. The molecular weight excluding hydrogens is 253 g/mol. The molecule has 0 bridgehead atoms. The highest BCUT2D eigenvalue weighted by atomic mass is 19.1. The number of rotatable bonds is 7. The SMILES string of the molecule is CCNCCc1ccc(COc2cccc(F)c2)cc1. The molecule has 0 saturated heterocycles. The molecule has 2 aromatic rings. The molecule has 0 aliphatic carbocycles. The van der Waals surface area contributed by atoms with Crippen LogP contribution >= 0.6 is 0 Å². The van der Waals surface area contributed by atoms with Crippen molar-refractivity contribution in [2.75, 3.05) is 13.1 Å². The fraction of sp³-hybridized carbons (Fsp3) is 0.294. The average Bonchev–Trinajstić information content (AvgIpc) is 2.47. The minimum Gasteiger partial charge on any atom is -0.489 e. The molecule has 2 aromatic carbocycles. The summed E-state index contributed by atoms with van der Waals surface area (Å²) in [5.74, 6) is 0.280. The number of benzene rings is 2. The Labute approximate surface area is 119 Å². The number of nitrogens with one attached hydrogen (secondary N) is 1. The van der Waals surface area contributed by atoms with E-state index in [4.69, 9.17) is 4.74 Å². The van der Waals surface area contributed by atoms with E-state index in [1.54, 1.807) is 12.1 Å². The molecule has 20 heavy (non-hydrogen) atoms. The maximum Gasteiger partial charge on any atom is 0.126 e. The fourth-order valence-corrected chi connectivity index (χ4v) is 1.94. The molecule has 0 spiro atoms. The van der Waals surface area contributed by atoms with E-state index in [9.17, 15) is 4.39 Å². The summed E-state index contributed by atoms with van der Waals surface area (Å²) in [6.45, 7) is 4.55. The standard InChI is InChI=1S/C17H20FNO/c1-2-19-11-10-14-6-8-15(9-7-14)13-20-17-5-3-4-16(18)12-17/h3-9,12,19H,2,10-11,13H2,1H3. The van der Waals surface area contributed by atoms with Gasteiger partial charge < -0.3 is 10.1 Å². The van der Waals surface area contributed by atoms with E-state index in [0.717, 1.165) is 25.1 Å². The maximum atomic E-state index is 13.0. The van der Waals surface area contributed by atoms with Crippen LogP contribution in [0.15, 0.2) is 48.5 Å². The second-order valence-corrected chi connectivity index (χ2v) is 4.67. The van der Waals surface area contributed by atoms with Gasteiger partial charge >= 0.3 is 0 Å². The normalized spacial score (nSPS) is 10.5. The molecule has 0 aliphatic heterocycles. The number of hydrogen-bond donors (Lipinski definition) is 1. The molecule has 0 saturated carbocycles. The molecular formula is C17H20FNO. The third kappa shape index (κ3) is 4.67. The van der Waals surface area contributed by atoms with Crippen molar-refractivity contribution in [2.24, 2.45) is 0 Å². The Morgan fingerprint density at radius 2 is 1.80 bits per heavy atom. The summed E-state index contributed by atoms with van der Waals surface area (Å²) in [6, 6.07) is 14.5. The van der Waals surface area contributed by atoms with Gasteiger partial charge in [-0.1, -0.05) is 37.3 Å². The lowest BCUT2D eigenvalue weighted by molar-refractivity contribution is 0.304. The molecule has 0 fully saturated rings. The van der Waals surface area contributed by atoms with E-state index in [-0.39, 0.29) is 5.82 Å². The first-order valence-corrected chi connectivity index (χ1v) is 6.95. The van der Waals surface area contributed by atoms with E-state index in [1.165, 1.54) is 17.7 Å². The van der Waals surface area contributed by atoms with Crippen LogP contribution in [-0.4, -0.2) is 13.1 Å². The van der Waals surface area contributed by atoms with Gasteiger partial charge in [-0.05, 0) is 42.8 Å². The maximum absolute atomic E-state index is 13.0. The summed E-state index contributed by atoms with van der Waals surface area (Å²) >= 11 is 0. The Morgan fingerprint density at radius 1 is 1.05 bits per heavy atom. The lowest BCUT2D eigenvalue weighted by Crippen LogP contribution is -2.15. The number of ether oxygens (including phenoxy) is 1. The van der Waals surface area contributed by atoms with Gasteiger partial charge in [-0.15, -0.1) is 0 Å². The van der Waals surface area contributed by atoms with Gasteiger partial charge in [0.2, 0.25) is 0 Å². The third-order valence-corrected chi connectivity index (χ3v) is 3.07. The van der Waals surface area contributed by atoms with E-state index in [2.05, 4.69) is 36.5 Å². The smallest absolute Gasteiger partial charge is 0.126 e. The molecule has 3 heteroatoms. The highest BCUT2D eigenvalue weighted by molar-refractivity contribution is 5.25. The van der Waals surface area contributed by atoms with Gasteiger partial charge in [0, 0.05) is 6.07 Å². The quantitative estimate of drug-likeness (QED) is 0.779. The molecule has 1 N–H and O–H groups in total. The topological polar surface area (TPSA) is 21.3 Å². The summed E-state index contributed by atoms with van der Waals surface area (Å²) in [4.78, 5) is 0. The molecule has 2 nitrogen and oxygen atoms in total. The molecule has 0 radical (unpaired) electrons. The Morgan fingerprint density at radius 3 is 2.50 bits per heavy atom. The van der Waals surface area contributed by atoms with Gasteiger partial charge in [0.05, 0.1) is 0 Å². The zero-order valence-electron chi connectivity index (χ0n) is 11.7. The van der Waals surface area contributed by atoms with Gasteiger partial charge in [0.25, 0.3) is 0 Å². The third-order valence-electron chi connectivity index (χ3n) is 3.07. The summed E-state index contributed by atoms with van der Waals surface area (Å²) in [7, 11) is 0. The van der Waals surface area contributed by atoms with Crippen molar-refractivity contribution in [2.45, 2.75) is 20.0 Å². The molecule has 0 atom stereocenters. The molecule has 0 heterocycles. The first-order valence-electron chi connectivity index (χ1n) is 6.95. The van der Waals surface area contributed by atoms with Crippen molar-refractivity contribution in [3.8, 4) is 5.75 Å². The van der Waals surface area contributed by atoms with Crippen LogP contribution in [0.3, 0.4) is 0 Å². The first-order chi connectivity index (χ1) is 9.78. The molecule has 0 unspecified atom stereocenters. The highest BCUT2D eigenvalue weighted by Gasteiger charge is 1.98. The molecule has 106 valence electrons. The lowest BCUT2D eigenvalue weighted by Gasteiger charge is -2.07. The van der Waals surface area contributed by atoms with Gasteiger partial charge in [-0.2, -0.15) is 0 Å². The molecule has 2 rings (SSSR count). The van der Waals surface area contributed by atoms with Gasteiger partial charge in [-0.3, -0.25) is 0 Å². The molecule has 0 aromatic heterocycles. The van der Waals surface area contributed by atoms with Gasteiger partial charge in [0.1, 0.15) is 18.2 Å². The zero-order chi connectivity index (χ0) is 14.2. The van der Waals surface area contributed by atoms with Gasteiger partial charge in [-0.25, -0.2) is 4.39 Å². The van der Waals surface area contributed by atoms with E-state index in [1.807, 2.05) is 0 Å². The van der Waals surface area contributed by atoms with E-state index >= 15 is 0 Å². The Hall–Kier alpha value is -1.87. The number of likely N-dealkylation sites (N-methyl/N-ethyl adjacent to an activating group) is 1. The molecule has 0 amide bonds. The molecule has 0 aliphatic rings. The van der Waals surface area contributed by atoms with E-state index in [0.29, 0.717) is 12.4 Å². The Kier molecular flexibility index (Phi) is 5.56. The number of hydrogen-bond acceptors (Lipinski definition) is 2. The summed E-state index contributed by atoms with van der Waals surface area (Å²) in [5.41, 5.74) is 2.39. The van der Waals surface area contributed by atoms with Crippen molar-refractivity contribution < 1.29 is 9.13 Å². The summed E-state index contributed by atoms with van der Waals surface area (Å²) in [6.07, 6.45) is 1.03.